The van der Waals surface area contributed by atoms with Crippen molar-refractivity contribution >= 4 is 5.97 Å². The average Bonchev–Trinajstić information content (AvgIpc) is 2.72. The summed E-state index contributed by atoms with van der Waals surface area (Å²) >= 11 is 0. The fourth-order valence-electron chi connectivity index (χ4n) is 2.25. The number of carbonyl (C=O) groups is 1. The molecule has 0 amide bonds. The molecule has 2 atom stereocenters. The number of hydrogen-bond donors (Lipinski definition) is 2. The van der Waals surface area contributed by atoms with Crippen molar-refractivity contribution in [2.45, 2.75) is 26.0 Å². The van der Waals surface area contributed by atoms with E-state index in [1.54, 1.807) is 6.07 Å². The monoisotopic (exact) mass is 239 g/mol. The van der Waals surface area contributed by atoms with Crippen LogP contribution in [-0.4, -0.2) is 40.3 Å². The third-order valence-electron chi connectivity index (χ3n) is 3.28. The topological polar surface area (TPSA) is 73.9 Å². The van der Waals surface area contributed by atoms with E-state index in [-0.39, 0.29) is 17.8 Å². The second-order valence-electron chi connectivity index (χ2n) is 4.65. The third kappa shape index (κ3) is 2.68. The maximum Gasteiger partial charge on any atom is 0.372 e. The number of furan rings is 1. The Morgan fingerprint density at radius 3 is 3.06 bits per heavy atom. The molecule has 1 aromatic rings. The lowest BCUT2D eigenvalue weighted by Gasteiger charge is -2.34. The standard InChI is InChI=1S/C12H17NO4/c1-8-6-13(4-2-10(8)14)7-9-3-5-17-11(9)12(15)16/h3,5,8,10,14H,2,4,6-7H2,1H3,(H,15,16). The van der Waals surface area contributed by atoms with E-state index in [1.807, 2.05) is 6.92 Å². The van der Waals surface area contributed by atoms with Crippen LogP contribution in [0.5, 0.6) is 0 Å². The highest BCUT2D eigenvalue weighted by atomic mass is 16.4. The lowest BCUT2D eigenvalue weighted by molar-refractivity contribution is 0.0315. The van der Waals surface area contributed by atoms with Crippen LogP contribution in [-0.2, 0) is 6.54 Å². The number of rotatable bonds is 3. The van der Waals surface area contributed by atoms with E-state index in [0.29, 0.717) is 12.1 Å². The van der Waals surface area contributed by atoms with Gasteiger partial charge in [-0.3, -0.25) is 4.90 Å². The number of carboxylic acid groups (broad SMARTS) is 1. The summed E-state index contributed by atoms with van der Waals surface area (Å²) in [4.78, 5) is 13.0. The van der Waals surface area contributed by atoms with E-state index in [4.69, 9.17) is 9.52 Å². The van der Waals surface area contributed by atoms with Gasteiger partial charge >= 0.3 is 5.97 Å². The van der Waals surface area contributed by atoms with E-state index in [0.717, 1.165) is 19.5 Å². The maximum absolute atomic E-state index is 10.9. The van der Waals surface area contributed by atoms with Crippen molar-refractivity contribution < 1.29 is 19.4 Å². The Morgan fingerprint density at radius 2 is 2.41 bits per heavy atom. The molecule has 17 heavy (non-hydrogen) atoms. The van der Waals surface area contributed by atoms with E-state index in [2.05, 4.69) is 4.90 Å². The van der Waals surface area contributed by atoms with Crippen molar-refractivity contribution in [3.05, 3.63) is 23.7 Å². The van der Waals surface area contributed by atoms with Crippen molar-refractivity contribution in [2.24, 2.45) is 5.92 Å². The van der Waals surface area contributed by atoms with Crippen LogP contribution in [0.15, 0.2) is 16.7 Å². The van der Waals surface area contributed by atoms with Gasteiger partial charge in [0.2, 0.25) is 5.76 Å². The second-order valence-corrected chi connectivity index (χ2v) is 4.65. The minimum atomic E-state index is -1.03. The van der Waals surface area contributed by atoms with Gasteiger partial charge in [0, 0.05) is 25.2 Å². The van der Waals surface area contributed by atoms with E-state index < -0.39 is 5.97 Å². The highest BCUT2D eigenvalue weighted by Crippen LogP contribution is 2.20. The van der Waals surface area contributed by atoms with Gasteiger partial charge in [-0.05, 0) is 18.4 Å². The molecule has 0 radical (unpaired) electrons. The number of likely N-dealkylation sites (tertiary alicyclic amines) is 1. The fraction of sp³-hybridized carbons (Fsp3) is 0.583. The maximum atomic E-state index is 10.9. The Balaban J connectivity index is 2.01. The lowest BCUT2D eigenvalue weighted by Crippen LogP contribution is -2.41. The zero-order valence-corrected chi connectivity index (χ0v) is 9.80. The molecule has 1 aliphatic heterocycles. The predicted octanol–water partition coefficient (Wildman–Crippen LogP) is 1.18. The van der Waals surface area contributed by atoms with Crippen molar-refractivity contribution in [3.63, 3.8) is 0 Å². The number of aliphatic hydroxyl groups is 1. The van der Waals surface area contributed by atoms with Crippen molar-refractivity contribution in [3.8, 4) is 0 Å². The summed E-state index contributed by atoms with van der Waals surface area (Å²) in [6, 6.07) is 1.69. The van der Waals surface area contributed by atoms with Crippen LogP contribution >= 0.6 is 0 Å². The second kappa shape index (κ2) is 4.89. The van der Waals surface area contributed by atoms with Gasteiger partial charge in [-0.1, -0.05) is 6.92 Å². The molecule has 0 spiro atoms. The third-order valence-corrected chi connectivity index (χ3v) is 3.28. The molecule has 5 heteroatoms. The molecule has 2 N–H and O–H groups in total. The summed E-state index contributed by atoms with van der Waals surface area (Å²) in [5, 5.41) is 18.6. The van der Waals surface area contributed by atoms with Gasteiger partial charge in [-0.2, -0.15) is 0 Å². The molecular weight excluding hydrogens is 222 g/mol. The number of piperidine rings is 1. The Morgan fingerprint density at radius 1 is 1.65 bits per heavy atom. The number of hydrogen-bond acceptors (Lipinski definition) is 4. The molecular formula is C12H17NO4. The van der Waals surface area contributed by atoms with Crippen LogP contribution in [0.1, 0.15) is 29.5 Å². The molecule has 0 bridgehead atoms. The highest BCUT2D eigenvalue weighted by Gasteiger charge is 2.25. The number of aromatic carboxylic acids is 1. The number of aliphatic hydroxyl groups excluding tert-OH is 1. The zero-order valence-electron chi connectivity index (χ0n) is 9.80. The molecule has 1 aliphatic rings. The van der Waals surface area contributed by atoms with Gasteiger partial charge in [-0.25, -0.2) is 4.79 Å². The molecule has 94 valence electrons. The first-order chi connectivity index (χ1) is 8.08. The quantitative estimate of drug-likeness (QED) is 0.828. The van der Waals surface area contributed by atoms with Gasteiger partial charge < -0.3 is 14.6 Å². The summed E-state index contributed by atoms with van der Waals surface area (Å²) in [5.74, 6) is -0.789. The minimum absolute atomic E-state index is 0.0174. The summed E-state index contributed by atoms with van der Waals surface area (Å²) in [6.45, 7) is 4.14. The number of carboxylic acids is 1. The van der Waals surface area contributed by atoms with Crippen molar-refractivity contribution in [1.29, 1.82) is 0 Å². The smallest absolute Gasteiger partial charge is 0.372 e. The molecule has 2 unspecified atom stereocenters. The first kappa shape index (κ1) is 12.1. The predicted molar refractivity (Wildman–Crippen MR) is 60.7 cm³/mol. The summed E-state index contributed by atoms with van der Waals surface area (Å²) in [6.07, 6.45) is 1.90. The molecule has 0 saturated carbocycles. The SMILES string of the molecule is CC1CN(Cc2ccoc2C(=O)O)CCC1O. The van der Waals surface area contributed by atoms with Crippen LogP contribution in [0.4, 0.5) is 0 Å². The van der Waals surface area contributed by atoms with Crippen molar-refractivity contribution in [2.75, 3.05) is 13.1 Å². The molecule has 2 heterocycles. The first-order valence-electron chi connectivity index (χ1n) is 5.78. The van der Waals surface area contributed by atoms with Gasteiger partial charge in [-0.15, -0.1) is 0 Å². The van der Waals surface area contributed by atoms with E-state index in [1.165, 1.54) is 6.26 Å². The van der Waals surface area contributed by atoms with E-state index >= 15 is 0 Å². The highest BCUT2D eigenvalue weighted by molar-refractivity contribution is 5.86. The Hall–Kier alpha value is -1.33. The molecule has 0 aliphatic carbocycles. The Labute approximate surface area is 99.6 Å². The Bertz CT molecular complexity index is 401. The van der Waals surface area contributed by atoms with Crippen LogP contribution in [0.2, 0.25) is 0 Å². The minimum Gasteiger partial charge on any atom is -0.475 e. The van der Waals surface area contributed by atoms with Gasteiger partial charge in [0.05, 0.1) is 12.4 Å². The molecule has 1 saturated heterocycles. The summed E-state index contributed by atoms with van der Waals surface area (Å²) < 4.78 is 4.94. The Kier molecular flexibility index (Phi) is 3.49. The van der Waals surface area contributed by atoms with E-state index in [9.17, 15) is 9.90 Å². The first-order valence-corrected chi connectivity index (χ1v) is 5.78. The average molecular weight is 239 g/mol. The molecule has 1 fully saturated rings. The lowest BCUT2D eigenvalue weighted by atomic mass is 9.96. The van der Waals surface area contributed by atoms with Crippen LogP contribution in [0.25, 0.3) is 0 Å². The van der Waals surface area contributed by atoms with Gasteiger partial charge in [0.1, 0.15) is 0 Å². The molecule has 2 rings (SSSR count). The number of nitrogens with zero attached hydrogens (tertiary/aromatic N) is 1. The van der Waals surface area contributed by atoms with Crippen LogP contribution in [0, 0.1) is 5.92 Å². The summed E-state index contributed by atoms with van der Waals surface area (Å²) in [5.41, 5.74) is 0.695. The molecule has 5 nitrogen and oxygen atoms in total. The molecule has 0 aromatic carbocycles. The van der Waals surface area contributed by atoms with Crippen LogP contribution in [0.3, 0.4) is 0 Å². The van der Waals surface area contributed by atoms with Gasteiger partial charge in [0.25, 0.3) is 0 Å². The van der Waals surface area contributed by atoms with Crippen LogP contribution < -0.4 is 0 Å². The fourth-order valence-corrected chi connectivity index (χ4v) is 2.25. The zero-order chi connectivity index (χ0) is 12.4. The largest absolute Gasteiger partial charge is 0.475 e. The summed E-state index contributed by atoms with van der Waals surface area (Å²) in [7, 11) is 0. The van der Waals surface area contributed by atoms with Gasteiger partial charge in [0.15, 0.2) is 0 Å². The molecule has 1 aromatic heterocycles. The normalized spacial score (nSPS) is 26.0. The van der Waals surface area contributed by atoms with Crippen molar-refractivity contribution in [1.82, 2.24) is 4.90 Å².